The monoisotopic (exact) mass is 540 g/mol. The lowest BCUT2D eigenvalue weighted by Crippen LogP contribution is -2.37. The standard InChI is InChI=1S/C25H28N6O4S2/c1-16-15-36-24(26-16)37(33,34)25(8-9-25)20-14-21(31-10-12-35-13-11-31)30-22(29-20)17-2-4-18(5-3-17)27-23(32)28-19-6-7-19/h2-5,14-15,19H,6-13H2,1H3,(H2,27,28,32). The number of hydrogen-bond acceptors (Lipinski definition) is 9. The SMILES string of the molecule is Cc1csc(S(=O)(=O)C2(c3cc(N4CCOCC4)nc(-c4ccc(NC(=O)NC5CC5)cc4)n3)CC2)n1. The summed E-state index contributed by atoms with van der Waals surface area (Å²) in [4.78, 5) is 28.1. The highest BCUT2D eigenvalue weighted by atomic mass is 32.2. The molecule has 1 saturated heterocycles. The number of sulfone groups is 1. The van der Waals surface area contributed by atoms with Crippen molar-refractivity contribution in [3.8, 4) is 11.4 Å². The number of nitrogens with zero attached hydrogens (tertiary/aromatic N) is 4. The lowest BCUT2D eigenvalue weighted by molar-refractivity contribution is 0.122. The van der Waals surface area contributed by atoms with Gasteiger partial charge in [0, 0.05) is 47.5 Å². The van der Waals surface area contributed by atoms with E-state index in [0.717, 1.165) is 29.7 Å². The van der Waals surface area contributed by atoms with Crippen LogP contribution in [0.3, 0.4) is 0 Å². The first-order chi connectivity index (χ1) is 17.8. The van der Waals surface area contributed by atoms with Crippen molar-refractivity contribution >= 4 is 38.7 Å². The fourth-order valence-electron chi connectivity index (χ4n) is 4.43. The van der Waals surface area contributed by atoms with Gasteiger partial charge in [0.1, 0.15) is 10.6 Å². The Morgan fingerprint density at radius 1 is 1.11 bits per heavy atom. The molecule has 0 bridgehead atoms. The Balaban J connectivity index is 1.35. The van der Waals surface area contributed by atoms with Gasteiger partial charge in [-0.2, -0.15) is 0 Å². The van der Waals surface area contributed by atoms with Gasteiger partial charge in [-0.05, 0) is 56.9 Å². The first-order valence-corrected chi connectivity index (χ1v) is 14.8. The van der Waals surface area contributed by atoms with Gasteiger partial charge < -0.3 is 20.3 Å². The Morgan fingerprint density at radius 2 is 1.84 bits per heavy atom. The Hall–Kier alpha value is -3.09. The van der Waals surface area contributed by atoms with E-state index in [1.54, 1.807) is 24.4 Å². The Bertz CT molecular complexity index is 1430. The number of ether oxygens (including phenoxy) is 1. The molecule has 0 atom stereocenters. The molecular formula is C25H28N6O4S2. The van der Waals surface area contributed by atoms with Crippen LogP contribution in [0.1, 0.15) is 37.1 Å². The number of hydrogen-bond donors (Lipinski definition) is 2. The minimum Gasteiger partial charge on any atom is -0.378 e. The quantitative estimate of drug-likeness (QED) is 0.466. The molecule has 10 nitrogen and oxygen atoms in total. The Kier molecular flexibility index (Phi) is 6.12. The van der Waals surface area contributed by atoms with Crippen molar-refractivity contribution in [3.05, 3.63) is 47.1 Å². The lowest BCUT2D eigenvalue weighted by atomic mass is 10.1. The number of amides is 2. The van der Waals surface area contributed by atoms with Crippen LogP contribution in [-0.2, 0) is 19.3 Å². The normalized spacial score (nSPS) is 18.9. The van der Waals surface area contributed by atoms with Gasteiger partial charge in [-0.25, -0.2) is 28.2 Å². The maximum Gasteiger partial charge on any atom is 0.319 e. The van der Waals surface area contributed by atoms with Crippen molar-refractivity contribution in [2.45, 2.75) is 47.7 Å². The largest absolute Gasteiger partial charge is 0.378 e. The molecule has 2 saturated carbocycles. The number of thiazole rings is 1. The van der Waals surface area contributed by atoms with E-state index in [-0.39, 0.29) is 16.4 Å². The minimum absolute atomic E-state index is 0.135. The number of anilines is 2. The van der Waals surface area contributed by atoms with E-state index in [1.165, 1.54) is 0 Å². The molecular weight excluding hydrogens is 512 g/mol. The molecule has 37 heavy (non-hydrogen) atoms. The third kappa shape index (κ3) is 4.80. The smallest absolute Gasteiger partial charge is 0.319 e. The van der Waals surface area contributed by atoms with Crippen LogP contribution in [0.25, 0.3) is 11.4 Å². The van der Waals surface area contributed by atoms with Crippen molar-refractivity contribution in [2.24, 2.45) is 0 Å². The number of benzene rings is 1. The van der Waals surface area contributed by atoms with Crippen LogP contribution in [-0.4, -0.2) is 61.7 Å². The third-order valence-electron chi connectivity index (χ3n) is 6.87. The molecule has 2 aromatic heterocycles. The fourth-order valence-corrected chi connectivity index (χ4v) is 7.70. The summed E-state index contributed by atoms with van der Waals surface area (Å²) in [6.07, 6.45) is 3.02. The zero-order valence-corrected chi connectivity index (χ0v) is 22.1. The van der Waals surface area contributed by atoms with Crippen LogP contribution in [0.2, 0.25) is 0 Å². The summed E-state index contributed by atoms with van der Waals surface area (Å²) in [6, 6.07) is 9.15. The molecule has 2 amide bonds. The number of carbonyl (C=O) groups excluding carboxylic acids is 1. The second-order valence-electron chi connectivity index (χ2n) is 9.74. The van der Waals surface area contributed by atoms with E-state index in [1.807, 2.05) is 18.2 Å². The Morgan fingerprint density at radius 3 is 2.46 bits per heavy atom. The van der Waals surface area contributed by atoms with Crippen molar-refractivity contribution in [3.63, 3.8) is 0 Å². The summed E-state index contributed by atoms with van der Waals surface area (Å²) in [5.74, 6) is 1.14. The second kappa shape index (κ2) is 9.34. The number of aryl methyl sites for hydroxylation is 1. The van der Waals surface area contributed by atoms with Crippen molar-refractivity contribution < 1.29 is 17.9 Å². The van der Waals surface area contributed by atoms with Gasteiger partial charge in [0.2, 0.25) is 14.2 Å². The molecule has 2 N–H and O–H groups in total. The van der Waals surface area contributed by atoms with E-state index in [9.17, 15) is 13.2 Å². The zero-order chi connectivity index (χ0) is 25.6. The predicted molar refractivity (Wildman–Crippen MR) is 141 cm³/mol. The Labute approximate surface area is 219 Å². The summed E-state index contributed by atoms with van der Waals surface area (Å²) in [7, 11) is -3.71. The molecule has 3 heterocycles. The van der Waals surface area contributed by atoms with E-state index in [2.05, 4.69) is 20.5 Å². The van der Waals surface area contributed by atoms with E-state index in [0.29, 0.717) is 67.9 Å². The van der Waals surface area contributed by atoms with Crippen LogP contribution in [0, 0.1) is 6.92 Å². The molecule has 194 valence electrons. The molecule has 2 aliphatic carbocycles. The highest BCUT2D eigenvalue weighted by Crippen LogP contribution is 2.55. The van der Waals surface area contributed by atoms with Crippen molar-refractivity contribution in [1.82, 2.24) is 20.3 Å². The molecule has 0 spiro atoms. The summed E-state index contributed by atoms with van der Waals surface area (Å²) in [5, 5.41) is 7.50. The number of aromatic nitrogens is 3. The maximum absolute atomic E-state index is 13.7. The zero-order valence-electron chi connectivity index (χ0n) is 20.4. The molecule has 12 heteroatoms. The maximum atomic E-state index is 13.7. The molecule has 1 aromatic carbocycles. The van der Waals surface area contributed by atoms with Gasteiger partial charge in [0.05, 0.1) is 18.9 Å². The summed E-state index contributed by atoms with van der Waals surface area (Å²) >= 11 is 1.16. The van der Waals surface area contributed by atoms with Crippen LogP contribution in [0.5, 0.6) is 0 Å². The fraction of sp³-hybridized carbons (Fsp3) is 0.440. The number of carbonyl (C=O) groups is 1. The van der Waals surface area contributed by atoms with E-state index in [4.69, 9.17) is 14.7 Å². The van der Waals surface area contributed by atoms with Gasteiger partial charge in [0.15, 0.2) is 5.82 Å². The predicted octanol–water partition coefficient (Wildman–Crippen LogP) is 3.49. The van der Waals surface area contributed by atoms with Gasteiger partial charge in [-0.3, -0.25) is 0 Å². The number of rotatable bonds is 7. The van der Waals surface area contributed by atoms with Gasteiger partial charge in [-0.15, -0.1) is 11.3 Å². The first-order valence-electron chi connectivity index (χ1n) is 12.4. The topological polar surface area (TPSA) is 126 Å². The van der Waals surface area contributed by atoms with E-state index < -0.39 is 14.6 Å². The molecule has 3 aromatic rings. The van der Waals surface area contributed by atoms with Crippen molar-refractivity contribution in [1.29, 1.82) is 0 Å². The van der Waals surface area contributed by atoms with Gasteiger partial charge in [0.25, 0.3) is 0 Å². The highest BCUT2D eigenvalue weighted by molar-refractivity contribution is 7.94. The average molecular weight is 541 g/mol. The summed E-state index contributed by atoms with van der Waals surface area (Å²) in [5.41, 5.74) is 2.59. The summed E-state index contributed by atoms with van der Waals surface area (Å²) in [6.45, 7) is 4.29. The summed E-state index contributed by atoms with van der Waals surface area (Å²) < 4.78 is 31.9. The molecule has 3 aliphatic rings. The molecule has 3 fully saturated rings. The second-order valence-corrected chi connectivity index (χ2v) is 13.0. The number of urea groups is 1. The number of nitrogens with one attached hydrogen (secondary N) is 2. The van der Waals surface area contributed by atoms with Crippen LogP contribution >= 0.6 is 11.3 Å². The third-order valence-corrected chi connectivity index (χ3v) is 10.8. The molecule has 0 unspecified atom stereocenters. The van der Waals surface area contributed by atoms with Gasteiger partial charge >= 0.3 is 6.03 Å². The lowest BCUT2D eigenvalue weighted by Gasteiger charge is -2.29. The van der Waals surface area contributed by atoms with Crippen LogP contribution in [0.4, 0.5) is 16.3 Å². The molecule has 1 aliphatic heterocycles. The molecule has 0 radical (unpaired) electrons. The minimum atomic E-state index is -3.71. The van der Waals surface area contributed by atoms with E-state index >= 15 is 0 Å². The van der Waals surface area contributed by atoms with Crippen LogP contribution in [0.15, 0.2) is 40.1 Å². The number of morpholine rings is 1. The average Bonchev–Trinajstić information content (AvgIpc) is 3.84. The van der Waals surface area contributed by atoms with Gasteiger partial charge in [-0.1, -0.05) is 0 Å². The highest BCUT2D eigenvalue weighted by Gasteiger charge is 2.59. The van der Waals surface area contributed by atoms with Crippen LogP contribution < -0.4 is 15.5 Å². The van der Waals surface area contributed by atoms with Crippen molar-refractivity contribution in [2.75, 3.05) is 36.5 Å². The first kappa shape index (κ1) is 24.3. The molecule has 6 rings (SSSR count).